The van der Waals surface area contributed by atoms with Crippen molar-refractivity contribution in [3.63, 3.8) is 0 Å². The molecule has 0 N–H and O–H groups in total. The van der Waals surface area contributed by atoms with Crippen molar-refractivity contribution in [3.8, 4) is 6.07 Å². The predicted molar refractivity (Wildman–Crippen MR) is 68.6 cm³/mol. The quantitative estimate of drug-likeness (QED) is 0.733. The smallest absolute Gasteiger partial charge is 0.0670 e. The van der Waals surface area contributed by atoms with E-state index in [1.165, 1.54) is 19.2 Å². The predicted octanol–water partition coefficient (Wildman–Crippen LogP) is 3.88. The minimum absolute atomic E-state index is 0.507. The summed E-state index contributed by atoms with van der Waals surface area (Å²) in [5.41, 5.74) is 2.47. The first-order valence-electron chi connectivity index (χ1n) is 4.26. The summed E-state index contributed by atoms with van der Waals surface area (Å²) in [6, 6.07) is 6.36. The van der Waals surface area contributed by atoms with Crippen LogP contribution in [0.1, 0.15) is 11.1 Å². The van der Waals surface area contributed by atoms with Crippen LogP contribution >= 0.6 is 33.9 Å². The molecule has 0 aliphatic rings. The molecule has 14 heavy (non-hydrogen) atoms. The number of halogens is 1. The van der Waals surface area contributed by atoms with Gasteiger partial charge < -0.3 is 0 Å². The Balaban J connectivity index is 2.78. The highest BCUT2D eigenvalue weighted by Gasteiger charge is 2.08. The second kappa shape index (κ2) is 3.87. The summed E-state index contributed by atoms with van der Waals surface area (Å²) in [6.45, 7) is 2.12. The molecule has 0 atom stereocenters. The van der Waals surface area contributed by atoms with Crippen molar-refractivity contribution in [1.82, 2.24) is 0 Å². The lowest BCUT2D eigenvalue weighted by molar-refractivity contribution is 1.29. The van der Waals surface area contributed by atoms with E-state index in [1.807, 2.05) is 0 Å². The molecule has 2 aromatic rings. The number of benzene rings is 1. The standard InChI is InChI=1S/C11H8INS/c1-7-6-14-11-8(4-5-13)2-3-9(12)10(7)11/h2-3,6H,4H2,1H3. The van der Waals surface area contributed by atoms with Gasteiger partial charge in [0.25, 0.3) is 0 Å². The lowest BCUT2D eigenvalue weighted by Gasteiger charge is -2.00. The molecule has 1 heterocycles. The van der Waals surface area contributed by atoms with Crippen LogP contribution in [0.5, 0.6) is 0 Å². The van der Waals surface area contributed by atoms with Crippen LogP contribution in [0.25, 0.3) is 10.1 Å². The van der Waals surface area contributed by atoms with Crippen LogP contribution in [0.15, 0.2) is 17.5 Å². The molecule has 70 valence electrons. The molecule has 0 unspecified atom stereocenters. The highest BCUT2D eigenvalue weighted by Crippen LogP contribution is 2.32. The molecule has 0 fully saturated rings. The molecule has 0 saturated carbocycles. The molecule has 0 radical (unpaired) electrons. The Hall–Kier alpha value is -0.600. The van der Waals surface area contributed by atoms with Gasteiger partial charge in [-0.1, -0.05) is 6.07 Å². The molecular weight excluding hydrogens is 305 g/mol. The zero-order valence-corrected chi connectivity index (χ0v) is 10.6. The van der Waals surface area contributed by atoms with E-state index in [0.29, 0.717) is 6.42 Å². The van der Waals surface area contributed by atoms with Crippen molar-refractivity contribution < 1.29 is 0 Å². The summed E-state index contributed by atoms with van der Waals surface area (Å²) < 4.78 is 2.55. The highest BCUT2D eigenvalue weighted by molar-refractivity contribution is 14.1. The van der Waals surface area contributed by atoms with Crippen LogP contribution in [0.3, 0.4) is 0 Å². The van der Waals surface area contributed by atoms with E-state index in [-0.39, 0.29) is 0 Å². The van der Waals surface area contributed by atoms with Gasteiger partial charge in [0.1, 0.15) is 0 Å². The summed E-state index contributed by atoms with van der Waals surface area (Å²) in [6.07, 6.45) is 0.507. The van der Waals surface area contributed by atoms with Crippen molar-refractivity contribution >= 4 is 44.0 Å². The van der Waals surface area contributed by atoms with Gasteiger partial charge in [0.2, 0.25) is 0 Å². The first-order chi connectivity index (χ1) is 6.74. The lowest BCUT2D eigenvalue weighted by atomic mass is 10.1. The molecule has 0 bridgehead atoms. The molecular formula is C11H8INS. The number of aryl methyl sites for hydroxylation is 1. The van der Waals surface area contributed by atoms with Crippen molar-refractivity contribution in [2.45, 2.75) is 13.3 Å². The maximum Gasteiger partial charge on any atom is 0.0670 e. The number of thiophene rings is 1. The van der Waals surface area contributed by atoms with Gasteiger partial charge in [0, 0.05) is 13.7 Å². The Bertz CT molecular complexity index is 522. The summed E-state index contributed by atoms with van der Waals surface area (Å²) >= 11 is 4.09. The van der Waals surface area contributed by atoms with E-state index in [2.05, 4.69) is 53.1 Å². The van der Waals surface area contributed by atoms with Crippen LogP contribution in [0.2, 0.25) is 0 Å². The molecule has 1 nitrogen and oxygen atoms in total. The molecule has 0 aliphatic heterocycles. The molecule has 1 aromatic heterocycles. The maximum atomic E-state index is 8.71. The molecule has 0 aliphatic carbocycles. The Morgan fingerprint density at radius 3 is 3.00 bits per heavy atom. The fourth-order valence-corrected chi connectivity index (χ4v) is 3.69. The molecule has 3 heteroatoms. The van der Waals surface area contributed by atoms with Crippen molar-refractivity contribution in [2.75, 3.05) is 0 Å². The van der Waals surface area contributed by atoms with E-state index in [4.69, 9.17) is 5.26 Å². The number of nitrogens with zero attached hydrogens (tertiary/aromatic N) is 1. The fourth-order valence-electron chi connectivity index (χ4n) is 1.53. The van der Waals surface area contributed by atoms with Gasteiger partial charge in [-0.25, -0.2) is 0 Å². The Morgan fingerprint density at radius 2 is 2.29 bits per heavy atom. The number of fused-ring (bicyclic) bond motifs is 1. The first kappa shape index (κ1) is 9.94. The second-order valence-electron chi connectivity index (χ2n) is 3.16. The summed E-state index contributed by atoms with van der Waals surface area (Å²) in [7, 11) is 0. The molecule has 0 saturated heterocycles. The lowest BCUT2D eigenvalue weighted by Crippen LogP contribution is -1.84. The van der Waals surface area contributed by atoms with Crippen molar-refractivity contribution in [1.29, 1.82) is 5.26 Å². The minimum atomic E-state index is 0.507. The maximum absolute atomic E-state index is 8.71. The van der Waals surface area contributed by atoms with Gasteiger partial charge in [-0.2, -0.15) is 5.26 Å². The van der Waals surface area contributed by atoms with E-state index >= 15 is 0 Å². The van der Waals surface area contributed by atoms with Gasteiger partial charge >= 0.3 is 0 Å². The molecule has 1 aromatic carbocycles. The second-order valence-corrected chi connectivity index (χ2v) is 5.21. The van der Waals surface area contributed by atoms with Crippen LogP contribution in [-0.4, -0.2) is 0 Å². The van der Waals surface area contributed by atoms with Crippen LogP contribution in [-0.2, 0) is 6.42 Å². The van der Waals surface area contributed by atoms with E-state index < -0.39 is 0 Å². The third-order valence-electron chi connectivity index (χ3n) is 2.21. The van der Waals surface area contributed by atoms with Crippen molar-refractivity contribution in [3.05, 3.63) is 32.2 Å². The van der Waals surface area contributed by atoms with Gasteiger partial charge in [0.15, 0.2) is 0 Å². The van der Waals surface area contributed by atoms with Gasteiger partial charge in [-0.3, -0.25) is 0 Å². The molecule has 0 amide bonds. The largest absolute Gasteiger partial charge is 0.198 e. The zero-order valence-electron chi connectivity index (χ0n) is 7.67. The fraction of sp³-hybridized carbons (Fsp3) is 0.182. The summed E-state index contributed by atoms with van der Waals surface area (Å²) in [5, 5.41) is 12.2. The number of nitriles is 1. The minimum Gasteiger partial charge on any atom is -0.198 e. The Kier molecular flexibility index (Phi) is 2.75. The van der Waals surface area contributed by atoms with E-state index in [9.17, 15) is 0 Å². The molecule has 0 spiro atoms. The SMILES string of the molecule is Cc1csc2c(CC#N)ccc(I)c12. The Labute approximate surface area is 101 Å². The highest BCUT2D eigenvalue weighted by atomic mass is 127. The van der Waals surface area contributed by atoms with Crippen molar-refractivity contribution in [2.24, 2.45) is 0 Å². The van der Waals surface area contributed by atoms with Gasteiger partial charge in [-0.05, 0) is 52.1 Å². The van der Waals surface area contributed by atoms with Crippen LogP contribution in [0, 0.1) is 21.8 Å². The third kappa shape index (κ3) is 1.53. The van der Waals surface area contributed by atoms with E-state index in [0.717, 1.165) is 5.56 Å². The van der Waals surface area contributed by atoms with Crippen LogP contribution < -0.4 is 0 Å². The first-order valence-corrected chi connectivity index (χ1v) is 6.22. The third-order valence-corrected chi connectivity index (χ3v) is 4.28. The number of rotatable bonds is 1. The zero-order chi connectivity index (χ0) is 10.1. The molecule has 2 rings (SSSR count). The topological polar surface area (TPSA) is 23.8 Å². The van der Waals surface area contributed by atoms with Crippen LogP contribution in [0.4, 0.5) is 0 Å². The average molecular weight is 313 g/mol. The van der Waals surface area contributed by atoms with Gasteiger partial charge in [0.05, 0.1) is 12.5 Å². The number of hydrogen-bond acceptors (Lipinski definition) is 2. The summed E-state index contributed by atoms with van der Waals surface area (Å²) in [5.74, 6) is 0. The summed E-state index contributed by atoms with van der Waals surface area (Å²) in [4.78, 5) is 0. The Morgan fingerprint density at radius 1 is 1.50 bits per heavy atom. The normalized spacial score (nSPS) is 10.4. The van der Waals surface area contributed by atoms with Gasteiger partial charge in [-0.15, -0.1) is 11.3 Å². The monoisotopic (exact) mass is 313 g/mol. The van der Waals surface area contributed by atoms with E-state index in [1.54, 1.807) is 11.3 Å². The average Bonchev–Trinajstić information content (AvgIpc) is 2.54. The number of hydrogen-bond donors (Lipinski definition) is 0.